The Morgan fingerprint density at radius 1 is 0.935 bits per heavy atom. The van der Waals surface area contributed by atoms with Crippen LogP contribution in [-0.4, -0.2) is 11.9 Å². The van der Waals surface area contributed by atoms with Gasteiger partial charge in [0.15, 0.2) is 5.76 Å². The van der Waals surface area contributed by atoms with Gasteiger partial charge in [-0.05, 0) is 43.3 Å². The number of fused-ring (bicyclic) bond motifs is 1. The van der Waals surface area contributed by atoms with E-state index in [1.54, 1.807) is 13.0 Å². The number of rotatable bonds is 6. The van der Waals surface area contributed by atoms with Gasteiger partial charge in [0.2, 0.25) is 0 Å². The van der Waals surface area contributed by atoms with Gasteiger partial charge in [-0.25, -0.2) is 10.2 Å². The molecule has 2 aromatic heterocycles. The molecule has 0 saturated heterocycles. The highest BCUT2D eigenvalue weighted by molar-refractivity contribution is 5.92. The molecule has 1 atom stereocenters. The maximum absolute atomic E-state index is 12.2. The topological polar surface area (TPSA) is 106 Å². The summed E-state index contributed by atoms with van der Waals surface area (Å²) in [5.41, 5.74) is 5.34. The maximum atomic E-state index is 12.2. The standard InChI is InChI=1S/C23H21N3O5/c1-15(21-13-16-7-5-6-10-19(16)31-21)24-23(28)26-25-22(27)20-12-11-18(30-20)14-29-17-8-3-2-4-9-17/h2-13,15H,14H2,1H3,(H,25,27)(H2,24,26,28). The van der Waals surface area contributed by atoms with E-state index < -0.39 is 18.0 Å². The second-order valence-corrected chi connectivity index (χ2v) is 6.83. The highest BCUT2D eigenvalue weighted by Gasteiger charge is 2.16. The molecule has 2 heterocycles. The third-order valence-electron chi connectivity index (χ3n) is 4.52. The summed E-state index contributed by atoms with van der Waals surface area (Å²) >= 11 is 0. The summed E-state index contributed by atoms with van der Waals surface area (Å²) in [6.45, 7) is 1.96. The predicted octanol–water partition coefficient (Wildman–Crippen LogP) is 4.31. The van der Waals surface area contributed by atoms with Crippen LogP contribution in [0.3, 0.4) is 0 Å². The SMILES string of the molecule is CC(NC(=O)NNC(=O)c1ccc(COc2ccccc2)o1)c1cc2ccccc2o1. The first kappa shape index (κ1) is 20.1. The minimum Gasteiger partial charge on any atom is -0.486 e. The largest absolute Gasteiger partial charge is 0.486 e. The van der Waals surface area contributed by atoms with Gasteiger partial charge in [-0.2, -0.15) is 0 Å². The Labute approximate surface area is 178 Å². The van der Waals surface area contributed by atoms with Crippen LogP contribution in [0.1, 0.15) is 35.0 Å². The first-order valence-electron chi connectivity index (χ1n) is 9.70. The molecule has 0 fully saturated rings. The van der Waals surface area contributed by atoms with Crippen LogP contribution in [0.15, 0.2) is 81.6 Å². The molecule has 31 heavy (non-hydrogen) atoms. The van der Waals surface area contributed by atoms with Crippen molar-refractivity contribution in [2.45, 2.75) is 19.6 Å². The molecule has 0 bridgehead atoms. The van der Waals surface area contributed by atoms with Crippen molar-refractivity contribution < 1.29 is 23.2 Å². The number of hydrogen-bond donors (Lipinski definition) is 3. The summed E-state index contributed by atoms with van der Waals surface area (Å²) < 4.78 is 16.8. The Hall–Kier alpha value is -4.20. The summed E-state index contributed by atoms with van der Waals surface area (Å²) in [6, 6.07) is 20.9. The molecule has 8 nitrogen and oxygen atoms in total. The average molecular weight is 419 g/mol. The molecule has 0 radical (unpaired) electrons. The van der Waals surface area contributed by atoms with Crippen LogP contribution >= 0.6 is 0 Å². The summed E-state index contributed by atoms with van der Waals surface area (Å²) in [5.74, 6) is 1.25. The molecule has 0 aliphatic carbocycles. The Morgan fingerprint density at radius 2 is 1.71 bits per heavy atom. The number of hydrogen-bond acceptors (Lipinski definition) is 5. The van der Waals surface area contributed by atoms with E-state index in [1.165, 1.54) is 6.07 Å². The molecule has 4 rings (SSSR count). The molecule has 0 aliphatic rings. The molecule has 0 spiro atoms. The Kier molecular flexibility index (Phi) is 5.89. The molecular weight excluding hydrogens is 398 g/mol. The van der Waals surface area contributed by atoms with E-state index >= 15 is 0 Å². The molecule has 158 valence electrons. The van der Waals surface area contributed by atoms with Gasteiger partial charge >= 0.3 is 11.9 Å². The Bertz CT molecular complexity index is 1150. The highest BCUT2D eigenvalue weighted by Crippen LogP contribution is 2.23. The normalized spacial score (nSPS) is 11.6. The van der Waals surface area contributed by atoms with E-state index in [2.05, 4.69) is 16.2 Å². The fraction of sp³-hybridized carbons (Fsp3) is 0.130. The maximum Gasteiger partial charge on any atom is 0.334 e. The van der Waals surface area contributed by atoms with Gasteiger partial charge in [-0.3, -0.25) is 10.2 Å². The predicted molar refractivity (Wildman–Crippen MR) is 113 cm³/mol. The molecular formula is C23H21N3O5. The fourth-order valence-electron chi connectivity index (χ4n) is 2.94. The zero-order valence-corrected chi connectivity index (χ0v) is 16.8. The summed E-state index contributed by atoms with van der Waals surface area (Å²) in [7, 11) is 0. The molecule has 3 amide bonds. The van der Waals surface area contributed by atoms with Gasteiger partial charge in [0.1, 0.15) is 29.5 Å². The van der Waals surface area contributed by atoms with Crippen LogP contribution in [0.25, 0.3) is 11.0 Å². The highest BCUT2D eigenvalue weighted by atomic mass is 16.5. The van der Waals surface area contributed by atoms with Crippen molar-refractivity contribution in [3.8, 4) is 5.75 Å². The number of carbonyl (C=O) groups excluding carboxylic acids is 2. The molecule has 8 heteroatoms. The van der Waals surface area contributed by atoms with E-state index in [-0.39, 0.29) is 12.4 Å². The first-order chi connectivity index (χ1) is 15.1. The van der Waals surface area contributed by atoms with Crippen molar-refractivity contribution >= 4 is 22.9 Å². The van der Waals surface area contributed by atoms with E-state index in [0.29, 0.717) is 17.3 Å². The number of carbonyl (C=O) groups is 2. The number of benzene rings is 2. The van der Waals surface area contributed by atoms with Gasteiger partial charge in [0, 0.05) is 5.39 Å². The van der Waals surface area contributed by atoms with Crippen LogP contribution in [0.2, 0.25) is 0 Å². The number of amides is 3. The number of furan rings is 2. The van der Waals surface area contributed by atoms with Crippen molar-refractivity contribution in [3.05, 3.63) is 90.1 Å². The van der Waals surface area contributed by atoms with Crippen LogP contribution in [-0.2, 0) is 6.61 Å². The Balaban J connectivity index is 1.25. The quantitative estimate of drug-likeness (QED) is 0.404. The Morgan fingerprint density at radius 3 is 2.52 bits per heavy atom. The fourth-order valence-corrected chi connectivity index (χ4v) is 2.94. The van der Waals surface area contributed by atoms with Crippen molar-refractivity contribution in [3.63, 3.8) is 0 Å². The van der Waals surface area contributed by atoms with Crippen molar-refractivity contribution in [1.82, 2.24) is 16.2 Å². The molecule has 0 aliphatic heterocycles. The number of nitrogens with one attached hydrogen (secondary N) is 3. The van der Waals surface area contributed by atoms with Crippen LogP contribution in [0.4, 0.5) is 4.79 Å². The lowest BCUT2D eigenvalue weighted by atomic mass is 10.2. The second-order valence-electron chi connectivity index (χ2n) is 6.83. The average Bonchev–Trinajstić information content (AvgIpc) is 3.44. The van der Waals surface area contributed by atoms with Gasteiger partial charge in [0.05, 0.1) is 6.04 Å². The third kappa shape index (κ3) is 5.05. The molecule has 1 unspecified atom stereocenters. The van der Waals surface area contributed by atoms with Crippen LogP contribution < -0.4 is 20.9 Å². The summed E-state index contributed by atoms with van der Waals surface area (Å²) in [5, 5.41) is 3.65. The zero-order chi connectivity index (χ0) is 21.6. The first-order valence-corrected chi connectivity index (χ1v) is 9.70. The molecule has 4 aromatic rings. The van der Waals surface area contributed by atoms with Crippen molar-refractivity contribution in [2.75, 3.05) is 0 Å². The minimum atomic E-state index is -0.586. The third-order valence-corrected chi connectivity index (χ3v) is 4.52. The van der Waals surface area contributed by atoms with Crippen molar-refractivity contribution in [2.24, 2.45) is 0 Å². The van der Waals surface area contributed by atoms with Gasteiger partial charge in [-0.15, -0.1) is 0 Å². The lowest BCUT2D eigenvalue weighted by molar-refractivity contribution is 0.0904. The van der Waals surface area contributed by atoms with E-state index in [0.717, 1.165) is 11.0 Å². The number of ether oxygens (including phenoxy) is 1. The van der Waals surface area contributed by atoms with Gasteiger partial charge in [0.25, 0.3) is 0 Å². The smallest absolute Gasteiger partial charge is 0.334 e. The lowest BCUT2D eigenvalue weighted by Gasteiger charge is -2.12. The summed E-state index contributed by atoms with van der Waals surface area (Å²) in [6.07, 6.45) is 0. The van der Waals surface area contributed by atoms with Gasteiger partial charge in [-0.1, -0.05) is 36.4 Å². The second kappa shape index (κ2) is 9.08. The number of urea groups is 1. The number of para-hydroxylation sites is 2. The van der Waals surface area contributed by atoms with Crippen LogP contribution in [0, 0.1) is 0 Å². The van der Waals surface area contributed by atoms with E-state index in [9.17, 15) is 9.59 Å². The van der Waals surface area contributed by atoms with Crippen molar-refractivity contribution in [1.29, 1.82) is 0 Å². The lowest BCUT2D eigenvalue weighted by Crippen LogP contribution is -2.47. The minimum absolute atomic E-state index is 0.0531. The van der Waals surface area contributed by atoms with E-state index in [4.69, 9.17) is 13.6 Å². The zero-order valence-electron chi connectivity index (χ0n) is 16.8. The summed E-state index contributed by atoms with van der Waals surface area (Å²) in [4.78, 5) is 24.3. The van der Waals surface area contributed by atoms with Crippen LogP contribution in [0.5, 0.6) is 5.75 Å². The monoisotopic (exact) mass is 419 g/mol. The molecule has 2 aromatic carbocycles. The van der Waals surface area contributed by atoms with E-state index in [1.807, 2.05) is 60.7 Å². The number of hydrazine groups is 1. The molecule has 0 saturated carbocycles. The van der Waals surface area contributed by atoms with Gasteiger partial charge < -0.3 is 18.9 Å². The molecule has 3 N–H and O–H groups in total.